The van der Waals surface area contributed by atoms with Crippen molar-refractivity contribution in [3.8, 4) is 11.5 Å². The summed E-state index contributed by atoms with van der Waals surface area (Å²) >= 11 is 0. The molecular weight excluding hydrogens is 290 g/mol. The first-order valence-electron chi connectivity index (χ1n) is 7.34. The molecule has 0 unspecified atom stereocenters. The molecule has 0 radical (unpaired) electrons. The maximum absolute atomic E-state index is 12.3. The Morgan fingerprint density at radius 2 is 1.87 bits per heavy atom. The van der Waals surface area contributed by atoms with Gasteiger partial charge < -0.3 is 14.4 Å². The van der Waals surface area contributed by atoms with Gasteiger partial charge in [-0.05, 0) is 17.7 Å². The quantitative estimate of drug-likeness (QED) is 0.579. The van der Waals surface area contributed by atoms with Crippen LogP contribution in [-0.2, 0) is 6.61 Å². The molecule has 0 aliphatic carbocycles. The van der Waals surface area contributed by atoms with Crippen LogP contribution in [-0.4, -0.2) is 31.9 Å². The molecule has 4 nitrogen and oxygen atoms in total. The summed E-state index contributed by atoms with van der Waals surface area (Å²) in [5.41, 5.74) is 1.55. The number of ether oxygens (including phenoxy) is 2. The third-order valence-corrected chi connectivity index (χ3v) is 3.22. The van der Waals surface area contributed by atoms with Crippen molar-refractivity contribution in [3.63, 3.8) is 0 Å². The number of hydrogen-bond acceptors (Lipinski definition) is 4. The number of benzene rings is 2. The number of hydrogen-bond donors (Lipinski definition) is 0. The molecule has 23 heavy (non-hydrogen) atoms. The van der Waals surface area contributed by atoms with Crippen LogP contribution in [0.15, 0.2) is 60.8 Å². The van der Waals surface area contributed by atoms with Crippen molar-refractivity contribution in [2.75, 3.05) is 21.2 Å². The summed E-state index contributed by atoms with van der Waals surface area (Å²) in [5.74, 6) is 1.06. The van der Waals surface area contributed by atoms with Gasteiger partial charge >= 0.3 is 0 Å². The van der Waals surface area contributed by atoms with E-state index in [4.69, 9.17) is 9.47 Å². The lowest BCUT2D eigenvalue weighted by atomic mass is 10.1. The van der Waals surface area contributed by atoms with E-state index in [0.29, 0.717) is 23.7 Å². The zero-order chi connectivity index (χ0) is 16.7. The Kier molecular flexibility index (Phi) is 5.80. The number of allylic oxidation sites excluding steroid dienone is 1. The van der Waals surface area contributed by atoms with Crippen LogP contribution in [0.2, 0.25) is 0 Å². The van der Waals surface area contributed by atoms with Gasteiger partial charge in [-0.3, -0.25) is 4.79 Å². The first-order valence-corrected chi connectivity index (χ1v) is 7.34. The molecule has 0 fully saturated rings. The Morgan fingerprint density at radius 1 is 1.13 bits per heavy atom. The summed E-state index contributed by atoms with van der Waals surface area (Å²) in [6, 6.07) is 15.0. The fraction of sp³-hybridized carbons (Fsp3) is 0.211. The van der Waals surface area contributed by atoms with Crippen molar-refractivity contribution in [2.45, 2.75) is 6.61 Å². The fourth-order valence-corrected chi connectivity index (χ4v) is 1.99. The SMILES string of the molecule is COc1ccc(C(=O)C=CN(C)C)c(OCc2ccccc2)c1. The van der Waals surface area contributed by atoms with Gasteiger partial charge in [0.25, 0.3) is 0 Å². The number of carbonyl (C=O) groups excluding carboxylic acids is 1. The Morgan fingerprint density at radius 3 is 2.52 bits per heavy atom. The molecule has 0 aromatic heterocycles. The summed E-state index contributed by atoms with van der Waals surface area (Å²) in [5, 5.41) is 0. The Hall–Kier alpha value is -2.75. The predicted molar refractivity (Wildman–Crippen MR) is 90.9 cm³/mol. The van der Waals surface area contributed by atoms with Crippen LogP contribution in [0.3, 0.4) is 0 Å². The molecule has 120 valence electrons. The standard InChI is InChI=1S/C19H21NO3/c1-20(2)12-11-18(21)17-10-9-16(22-3)13-19(17)23-14-15-7-5-4-6-8-15/h4-13H,14H2,1-3H3. The molecule has 0 atom stereocenters. The van der Waals surface area contributed by atoms with Crippen LogP contribution in [0, 0.1) is 0 Å². The topological polar surface area (TPSA) is 38.8 Å². The zero-order valence-corrected chi connectivity index (χ0v) is 13.7. The fourth-order valence-electron chi connectivity index (χ4n) is 1.99. The Labute approximate surface area is 137 Å². The van der Waals surface area contributed by atoms with Crippen LogP contribution in [0.25, 0.3) is 0 Å². The number of methoxy groups -OCH3 is 1. The molecular formula is C19H21NO3. The molecule has 0 aliphatic heterocycles. The minimum atomic E-state index is -0.107. The number of ketones is 1. The highest BCUT2D eigenvalue weighted by molar-refractivity contribution is 6.06. The second-order valence-corrected chi connectivity index (χ2v) is 5.28. The van der Waals surface area contributed by atoms with Crippen LogP contribution in [0.1, 0.15) is 15.9 Å². The summed E-state index contributed by atoms with van der Waals surface area (Å²) in [7, 11) is 5.32. The van der Waals surface area contributed by atoms with Crippen LogP contribution in [0.4, 0.5) is 0 Å². The van der Waals surface area contributed by atoms with E-state index in [1.54, 1.807) is 31.5 Å². The van der Waals surface area contributed by atoms with Crippen LogP contribution < -0.4 is 9.47 Å². The van der Waals surface area contributed by atoms with Crippen molar-refractivity contribution in [2.24, 2.45) is 0 Å². The summed E-state index contributed by atoms with van der Waals surface area (Å²) in [6.45, 7) is 0.395. The second kappa shape index (κ2) is 8.03. The lowest BCUT2D eigenvalue weighted by Crippen LogP contribution is -2.05. The van der Waals surface area contributed by atoms with E-state index in [2.05, 4.69) is 0 Å². The smallest absolute Gasteiger partial charge is 0.191 e. The molecule has 0 heterocycles. The molecule has 2 aromatic rings. The third kappa shape index (κ3) is 4.88. The molecule has 0 N–H and O–H groups in total. The van der Waals surface area contributed by atoms with Crippen molar-refractivity contribution < 1.29 is 14.3 Å². The van der Waals surface area contributed by atoms with Gasteiger partial charge in [0.1, 0.15) is 18.1 Å². The van der Waals surface area contributed by atoms with Crippen molar-refractivity contribution in [1.29, 1.82) is 0 Å². The average molecular weight is 311 g/mol. The second-order valence-electron chi connectivity index (χ2n) is 5.28. The van der Waals surface area contributed by atoms with Crippen LogP contribution >= 0.6 is 0 Å². The maximum atomic E-state index is 12.3. The minimum Gasteiger partial charge on any atom is -0.497 e. The molecule has 0 bridgehead atoms. The molecule has 2 rings (SSSR count). The first-order chi connectivity index (χ1) is 11.1. The molecule has 0 saturated heterocycles. The number of nitrogens with zero attached hydrogens (tertiary/aromatic N) is 1. The van der Waals surface area contributed by atoms with E-state index in [0.717, 1.165) is 5.56 Å². The first kappa shape index (κ1) is 16.6. The highest BCUT2D eigenvalue weighted by atomic mass is 16.5. The summed E-state index contributed by atoms with van der Waals surface area (Å²) in [6.07, 6.45) is 3.24. The van der Waals surface area contributed by atoms with Crippen LogP contribution in [0.5, 0.6) is 11.5 Å². The van der Waals surface area contributed by atoms with E-state index in [1.165, 1.54) is 6.08 Å². The molecule has 0 saturated carbocycles. The zero-order valence-electron chi connectivity index (χ0n) is 13.7. The predicted octanol–water partition coefficient (Wildman–Crippen LogP) is 3.53. The average Bonchev–Trinajstić information content (AvgIpc) is 2.58. The van der Waals surface area contributed by atoms with E-state index >= 15 is 0 Å². The molecule has 0 amide bonds. The highest BCUT2D eigenvalue weighted by Gasteiger charge is 2.12. The number of carbonyl (C=O) groups is 1. The van der Waals surface area contributed by atoms with Gasteiger partial charge in [0.2, 0.25) is 0 Å². The Balaban J connectivity index is 2.22. The van der Waals surface area contributed by atoms with Gasteiger partial charge in [0.15, 0.2) is 5.78 Å². The molecule has 2 aromatic carbocycles. The van der Waals surface area contributed by atoms with E-state index in [1.807, 2.05) is 49.3 Å². The maximum Gasteiger partial charge on any atom is 0.191 e. The van der Waals surface area contributed by atoms with Crippen molar-refractivity contribution >= 4 is 5.78 Å². The van der Waals surface area contributed by atoms with E-state index in [9.17, 15) is 4.79 Å². The van der Waals surface area contributed by atoms with Crippen molar-refractivity contribution in [1.82, 2.24) is 4.90 Å². The van der Waals surface area contributed by atoms with Gasteiger partial charge in [-0.1, -0.05) is 30.3 Å². The summed E-state index contributed by atoms with van der Waals surface area (Å²) in [4.78, 5) is 14.2. The largest absolute Gasteiger partial charge is 0.497 e. The molecule has 0 aliphatic rings. The molecule has 0 spiro atoms. The monoisotopic (exact) mass is 311 g/mol. The van der Waals surface area contributed by atoms with Gasteiger partial charge in [0.05, 0.1) is 12.7 Å². The molecule has 4 heteroatoms. The van der Waals surface area contributed by atoms with Crippen molar-refractivity contribution in [3.05, 3.63) is 71.9 Å². The van der Waals surface area contributed by atoms with Gasteiger partial charge in [0, 0.05) is 32.4 Å². The third-order valence-electron chi connectivity index (χ3n) is 3.22. The van der Waals surface area contributed by atoms with E-state index in [-0.39, 0.29) is 5.78 Å². The van der Waals surface area contributed by atoms with Gasteiger partial charge in [-0.15, -0.1) is 0 Å². The Bertz CT molecular complexity index is 678. The highest BCUT2D eigenvalue weighted by Crippen LogP contribution is 2.26. The van der Waals surface area contributed by atoms with Gasteiger partial charge in [-0.2, -0.15) is 0 Å². The lowest BCUT2D eigenvalue weighted by molar-refractivity contribution is 0.104. The van der Waals surface area contributed by atoms with E-state index < -0.39 is 0 Å². The summed E-state index contributed by atoms with van der Waals surface area (Å²) < 4.78 is 11.1. The van der Waals surface area contributed by atoms with Gasteiger partial charge in [-0.25, -0.2) is 0 Å². The number of rotatable bonds is 7. The lowest BCUT2D eigenvalue weighted by Gasteiger charge is -2.12. The minimum absolute atomic E-state index is 0.107. The normalized spacial score (nSPS) is 10.6.